The summed E-state index contributed by atoms with van der Waals surface area (Å²) in [4.78, 5) is 30.4. The Bertz CT molecular complexity index is 980. The van der Waals surface area contributed by atoms with Crippen molar-refractivity contribution < 1.29 is 14.3 Å². The summed E-state index contributed by atoms with van der Waals surface area (Å²) >= 11 is 3.45. The maximum absolute atomic E-state index is 13.5. The van der Waals surface area contributed by atoms with Gasteiger partial charge in [0.05, 0.1) is 16.9 Å². The van der Waals surface area contributed by atoms with Crippen molar-refractivity contribution in [1.29, 1.82) is 0 Å². The number of hydrogen-bond acceptors (Lipinski definition) is 5. The van der Waals surface area contributed by atoms with Crippen LogP contribution in [0.15, 0.2) is 46.9 Å². The van der Waals surface area contributed by atoms with Crippen molar-refractivity contribution in [2.75, 3.05) is 36.4 Å². The Kier molecular flexibility index (Phi) is 6.62. The summed E-state index contributed by atoms with van der Waals surface area (Å²) in [6.45, 7) is 7.47. The molecule has 164 valence electrons. The fourth-order valence-electron chi connectivity index (χ4n) is 4.19. The first kappa shape index (κ1) is 21.8. The predicted octanol–water partition coefficient (Wildman–Crippen LogP) is 4.55. The van der Waals surface area contributed by atoms with Crippen LogP contribution in [0.25, 0.3) is 0 Å². The zero-order valence-electron chi connectivity index (χ0n) is 17.9. The number of fused-ring (bicyclic) bond motifs is 1. The standard InChI is InChI=1S/C24H28BrN3O3/c1-3-27-12-11-18(15-27)31-24(30)19-14-17(8-9-20(19)25)23(29)28-13-10-16(2)26-21-6-4-5-7-22(21)28/h4-9,14,16,18,26H,3,10-13,15H2,1-2H3/t16-,18?/m0/s1. The molecule has 0 aromatic heterocycles. The van der Waals surface area contributed by atoms with E-state index in [1.54, 1.807) is 23.1 Å². The quantitative estimate of drug-likeness (QED) is 0.643. The number of rotatable bonds is 4. The fourth-order valence-corrected chi connectivity index (χ4v) is 4.60. The molecule has 1 fully saturated rings. The second-order valence-corrected chi connectivity index (χ2v) is 9.07. The van der Waals surface area contributed by atoms with Crippen molar-refractivity contribution in [3.05, 3.63) is 58.1 Å². The van der Waals surface area contributed by atoms with Gasteiger partial charge in [0, 0.05) is 35.7 Å². The molecule has 1 unspecified atom stereocenters. The van der Waals surface area contributed by atoms with Crippen LogP contribution in [0.2, 0.25) is 0 Å². The average molecular weight is 486 g/mol. The van der Waals surface area contributed by atoms with Gasteiger partial charge in [0.2, 0.25) is 0 Å². The van der Waals surface area contributed by atoms with E-state index in [-0.39, 0.29) is 18.1 Å². The maximum Gasteiger partial charge on any atom is 0.339 e. The first-order valence-corrected chi connectivity index (χ1v) is 11.7. The van der Waals surface area contributed by atoms with Crippen LogP contribution >= 0.6 is 15.9 Å². The molecule has 4 rings (SSSR count). The van der Waals surface area contributed by atoms with E-state index in [2.05, 4.69) is 40.0 Å². The highest BCUT2D eigenvalue weighted by Gasteiger charge is 2.28. The van der Waals surface area contributed by atoms with Gasteiger partial charge in [0.25, 0.3) is 5.91 Å². The molecule has 0 bridgehead atoms. The van der Waals surface area contributed by atoms with Crippen LogP contribution in [0, 0.1) is 0 Å². The number of amides is 1. The summed E-state index contributed by atoms with van der Waals surface area (Å²) in [5.41, 5.74) is 2.66. The molecule has 7 heteroatoms. The number of esters is 1. The van der Waals surface area contributed by atoms with Gasteiger partial charge in [-0.05, 0) is 72.6 Å². The van der Waals surface area contributed by atoms with E-state index in [0.717, 1.165) is 43.9 Å². The number of likely N-dealkylation sites (tertiary alicyclic amines) is 1. The summed E-state index contributed by atoms with van der Waals surface area (Å²) in [5, 5.41) is 3.47. The molecule has 1 saturated heterocycles. The van der Waals surface area contributed by atoms with E-state index in [0.29, 0.717) is 22.1 Å². The van der Waals surface area contributed by atoms with Crippen molar-refractivity contribution in [3.8, 4) is 0 Å². The third kappa shape index (κ3) is 4.77. The number of hydrogen-bond donors (Lipinski definition) is 1. The van der Waals surface area contributed by atoms with Gasteiger partial charge in [0.1, 0.15) is 6.10 Å². The van der Waals surface area contributed by atoms with Crippen LogP contribution < -0.4 is 10.2 Å². The summed E-state index contributed by atoms with van der Waals surface area (Å²) in [6, 6.07) is 13.2. The topological polar surface area (TPSA) is 61.9 Å². The highest BCUT2D eigenvalue weighted by Crippen LogP contribution is 2.31. The molecule has 2 heterocycles. The molecule has 2 aromatic rings. The molecular formula is C24H28BrN3O3. The van der Waals surface area contributed by atoms with Gasteiger partial charge in [-0.15, -0.1) is 0 Å². The fraction of sp³-hybridized carbons (Fsp3) is 0.417. The monoisotopic (exact) mass is 485 g/mol. The number of nitrogens with zero attached hydrogens (tertiary/aromatic N) is 2. The molecule has 0 aliphatic carbocycles. The zero-order valence-corrected chi connectivity index (χ0v) is 19.5. The summed E-state index contributed by atoms with van der Waals surface area (Å²) in [7, 11) is 0. The van der Waals surface area contributed by atoms with Gasteiger partial charge in [-0.3, -0.25) is 9.69 Å². The van der Waals surface area contributed by atoms with Crippen molar-refractivity contribution in [3.63, 3.8) is 0 Å². The molecule has 31 heavy (non-hydrogen) atoms. The van der Waals surface area contributed by atoms with E-state index in [9.17, 15) is 9.59 Å². The van der Waals surface area contributed by atoms with Crippen LogP contribution in [0.3, 0.4) is 0 Å². The lowest BCUT2D eigenvalue weighted by Crippen LogP contribution is -2.32. The number of para-hydroxylation sites is 2. The van der Waals surface area contributed by atoms with Crippen molar-refractivity contribution in [1.82, 2.24) is 4.90 Å². The van der Waals surface area contributed by atoms with Gasteiger partial charge in [-0.25, -0.2) is 4.79 Å². The summed E-state index contributed by atoms with van der Waals surface area (Å²) in [6.07, 6.45) is 1.57. The molecule has 2 aliphatic heterocycles. The molecule has 2 atom stereocenters. The van der Waals surface area contributed by atoms with Crippen LogP contribution in [0.4, 0.5) is 11.4 Å². The number of likely N-dealkylation sites (N-methyl/N-ethyl adjacent to an activating group) is 1. The number of halogens is 1. The molecule has 2 aromatic carbocycles. The Morgan fingerprint density at radius 1 is 1.16 bits per heavy atom. The number of carbonyl (C=O) groups is 2. The highest BCUT2D eigenvalue weighted by molar-refractivity contribution is 9.10. The number of benzene rings is 2. The van der Waals surface area contributed by atoms with Crippen molar-refractivity contribution in [2.45, 2.75) is 38.8 Å². The lowest BCUT2D eigenvalue weighted by Gasteiger charge is -2.23. The second-order valence-electron chi connectivity index (χ2n) is 8.21. The van der Waals surface area contributed by atoms with E-state index in [1.807, 2.05) is 24.3 Å². The van der Waals surface area contributed by atoms with E-state index in [1.165, 1.54) is 0 Å². The van der Waals surface area contributed by atoms with Gasteiger partial charge >= 0.3 is 5.97 Å². The molecule has 0 radical (unpaired) electrons. The van der Waals surface area contributed by atoms with Gasteiger partial charge in [0.15, 0.2) is 0 Å². The maximum atomic E-state index is 13.5. The number of ether oxygens (including phenoxy) is 1. The third-order valence-corrected chi connectivity index (χ3v) is 6.70. The predicted molar refractivity (Wildman–Crippen MR) is 126 cm³/mol. The third-order valence-electron chi connectivity index (χ3n) is 6.01. The lowest BCUT2D eigenvalue weighted by molar-refractivity contribution is 0.0322. The smallest absolute Gasteiger partial charge is 0.339 e. The minimum Gasteiger partial charge on any atom is -0.457 e. The molecule has 2 aliphatic rings. The molecule has 6 nitrogen and oxygen atoms in total. The number of carbonyl (C=O) groups excluding carboxylic acids is 2. The van der Waals surface area contributed by atoms with E-state index < -0.39 is 5.97 Å². The minimum absolute atomic E-state index is 0.108. The average Bonchev–Trinajstić information content (AvgIpc) is 3.15. The Hall–Kier alpha value is -2.38. The second kappa shape index (κ2) is 9.40. The summed E-state index contributed by atoms with van der Waals surface area (Å²) < 4.78 is 6.37. The Labute approximate surface area is 191 Å². The molecular weight excluding hydrogens is 458 g/mol. The van der Waals surface area contributed by atoms with Crippen molar-refractivity contribution in [2.24, 2.45) is 0 Å². The van der Waals surface area contributed by atoms with E-state index >= 15 is 0 Å². The Morgan fingerprint density at radius 3 is 2.74 bits per heavy atom. The number of nitrogens with one attached hydrogen (secondary N) is 1. The normalized spacial score (nSPS) is 21.2. The molecule has 1 amide bonds. The van der Waals surface area contributed by atoms with Crippen molar-refractivity contribution >= 4 is 39.2 Å². The highest BCUT2D eigenvalue weighted by atomic mass is 79.9. The minimum atomic E-state index is -0.393. The number of anilines is 2. The Balaban J connectivity index is 1.56. The van der Waals surface area contributed by atoms with Crippen LogP contribution in [0.5, 0.6) is 0 Å². The first-order valence-electron chi connectivity index (χ1n) is 10.9. The summed E-state index contributed by atoms with van der Waals surface area (Å²) in [5.74, 6) is -0.515. The van der Waals surface area contributed by atoms with Crippen LogP contribution in [-0.2, 0) is 4.74 Å². The van der Waals surface area contributed by atoms with Gasteiger partial charge in [-0.1, -0.05) is 19.1 Å². The van der Waals surface area contributed by atoms with Crippen LogP contribution in [-0.4, -0.2) is 55.1 Å². The van der Waals surface area contributed by atoms with Gasteiger partial charge < -0.3 is 15.0 Å². The largest absolute Gasteiger partial charge is 0.457 e. The SMILES string of the molecule is CCN1CCC(OC(=O)c2cc(C(=O)N3CC[C@H](C)Nc4ccccc43)ccc2Br)C1. The zero-order chi connectivity index (χ0) is 22.0. The lowest BCUT2D eigenvalue weighted by atomic mass is 10.1. The van der Waals surface area contributed by atoms with E-state index in [4.69, 9.17) is 4.74 Å². The Morgan fingerprint density at radius 2 is 1.97 bits per heavy atom. The molecule has 0 spiro atoms. The van der Waals surface area contributed by atoms with Gasteiger partial charge in [-0.2, -0.15) is 0 Å². The molecule has 1 N–H and O–H groups in total. The molecule has 0 saturated carbocycles. The first-order chi connectivity index (χ1) is 15.0. The van der Waals surface area contributed by atoms with Crippen LogP contribution in [0.1, 0.15) is 47.4 Å².